The number of ketones is 1. The van der Waals surface area contributed by atoms with Crippen molar-refractivity contribution in [2.24, 2.45) is 11.8 Å². The van der Waals surface area contributed by atoms with Crippen LogP contribution in [0.15, 0.2) is 23.4 Å². The molecule has 190 valence electrons. The molecule has 2 heterocycles. The highest BCUT2D eigenvalue weighted by molar-refractivity contribution is 6.03. The second kappa shape index (κ2) is 9.32. The van der Waals surface area contributed by atoms with Crippen LogP contribution in [-0.2, 0) is 14.3 Å². The quantitative estimate of drug-likeness (QED) is 0.638. The van der Waals surface area contributed by atoms with Crippen molar-refractivity contribution < 1.29 is 23.9 Å². The summed E-state index contributed by atoms with van der Waals surface area (Å²) in [5.74, 6) is -0.0349. The van der Waals surface area contributed by atoms with Gasteiger partial charge in [0, 0.05) is 25.0 Å². The van der Waals surface area contributed by atoms with Crippen LogP contribution < -0.4 is 10.6 Å². The number of allylic oxidation sites excluding steroid dienone is 3. The summed E-state index contributed by atoms with van der Waals surface area (Å²) in [4.78, 5) is 54.6. The van der Waals surface area contributed by atoms with Crippen LogP contribution in [0.2, 0.25) is 0 Å². The molecule has 2 N–H and O–H groups in total. The first-order chi connectivity index (χ1) is 16.8. The van der Waals surface area contributed by atoms with E-state index < -0.39 is 23.6 Å². The topological polar surface area (TPSA) is 108 Å². The van der Waals surface area contributed by atoms with Gasteiger partial charge in [0.25, 0.3) is 0 Å². The summed E-state index contributed by atoms with van der Waals surface area (Å²) in [6.07, 6.45) is 12.1. The average Bonchev–Trinajstić information content (AvgIpc) is 3.51. The second-order valence-corrected chi connectivity index (χ2v) is 10.8. The van der Waals surface area contributed by atoms with E-state index in [2.05, 4.69) is 22.5 Å². The Morgan fingerprint density at radius 1 is 1.09 bits per heavy atom. The largest absolute Gasteiger partial charge is 0.436 e. The highest BCUT2D eigenvalue weighted by atomic mass is 16.6. The molecule has 5 rings (SSSR count). The summed E-state index contributed by atoms with van der Waals surface area (Å²) in [5, 5.41) is 5.01. The zero-order chi connectivity index (χ0) is 24.7. The van der Waals surface area contributed by atoms with Gasteiger partial charge < -0.3 is 20.3 Å². The Labute approximate surface area is 206 Å². The van der Waals surface area contributed by atoms with E-state index in [1.807, 2.05) is 0 Å². The van der Waals surface area contributed by atoms with Crippen LogP contribution in [0.1, 0.15) is 64.7 Å². The molecule has 2 aliphatic heterocycles. The lowest BCUT2D eigenvalue weighted by Crippen LogP contribution is -2.49. The summed E-state index contributed by atoms with van der Waals surface area (Å²) in [5.41, 5.74) is 0.123. The fraction of sp³-hybridized carbons (Fsp3) is 0.692. The molecule has 2 saturated heterocycles. The third kappa shape index (κ3) is 4.23. The van der Waals surface area contributed by atoms with E-state index in [4.69, 9.17) is 4.74 Å². The maximum absolute atomic E-state index is 13.5. The first-order valence-corrected chi connectivity index (χ1v) is 13.1. The van der Waals surface area contributed by atoms with E-state index >= 15 is 0 Å². The Kier molecular flexibility index (Phi) is 6.36. The molecule has 4 atom stereocenters. The molecular weight excluding hydrogens is 448 g/mol. The van der Waals surface area contributed by atoms with Crippen LogP contribution >= 0.6 is 0 Å². The Morgan fingerprint density at radius 2 is 1.86 bits per heavy atom. The minimum Gasteiger partial charge on any atom is -0.436 e. The lowest BCUT2D eigenvalue weighted by atomic mass is 9.83. The third-order valence-electron chi connectivity index (χ3n) is 8.73. The molecular formula is C26H36N4O5. The fourth-order valence-corrected chi connectivity index (χ4v) is 6.98. The normalized spacial score (nSPS) is 32.9. The van der Waals surface area contributed by atoms with Crippen LogP contribution in [0.25, 0.3) is 0 Å². The van der Waals surface area contributed by atoms with Gasteiger partial charge in [0.1, 0.15) is 6.54 Å². The molecule has 5 aliphatic rings. The van der Waals surface area contributed by atoms with Crippen molar-refractivity contribution in [3.63, 3.8) is 0 Å². The third-order valence-corrected chi connectivity index (χ3v) is 8.73. The molecule has 4 amide bonds. The molecule has 9 heteroatoms. The van der Waals surface area contributed by atoms with Gasteiger partial charge in [-0.05, 0) is 63.0 Å². The van der Waals surface area contributed by atoms with Crippen molar-refractivity contribution in [3.05, 3.63) is 23.4 Å². The van der Waals surface area contributed by atoms with E-state index in [1.54, 1.807) is 12.2 Å². The van der Waals surface area contributed by atoms with Gasteiger partial charge in [-0.25, -0.2) is 9.59 Å². The molecule has 0 bridgehead atoms. The number of Topliss-reactive ketones (excluding diaryl/α,β-unsaturated/α-hetero) is 1. The molecule has 0 aromatic heterocycles. The number of nitrogens with zero attached hydrogens (tertiary/aromatic N) is 2. The summed E-state index contributed by atoms with van der Waals surface area (Å²) in [6, 6.07) is 0.0121. The molecule has 9 nitrogen and oxygen atoms in total. The predicted octanol–water partition coefficient (Wildman–Crippen LogP) is 2.87. The zero-order valence-corrected chi connectivity index (χ0v) is 20.7. The zero-order valence-electron chi connectivity index (χ0n) is 20.7. The standard InChI is InChI=1S/C26H36N4O5/c1-16-8-11-21(17-6-4-3-5-7-17)30(16)22(31)14-29-15-26(35-25(29)34)13-12-18-19(26)9-10-20(23(18)32)28-24(33)27-2/h9-10,16-18,21H,3-8,11-15H2,1-2H3,(H2,27,28,33)/t16?,18?,21?,26-/m0/s1. The summed E-state index contributed by atoms with van der Waals surface area (Å²) < 4.78 is 5.88. The first-order valence-electron chi connectivity index (χ1n) is 13.1. The number of carbonyl (C=O) groups is 4. The Hall–Kier alpha value is -2.84. The van der Waals surface area contributed by atoms with Crippen molar-refractivity contribution in [1.29, 1.82) is 0 Å². The van der Waals surface area contributed by atoms with Crippen LogP contribution in [0.5, 0.6) is 0 Å². The number of fused-ring (bicyclic) bond motifs is 2. The van der Waals surface area contributed by atoms with Gasteiger partial charge in [-0.15, -0.1) is 0 Å². The van der Waals surface area contributed by atoms with Crippen LogP contribution in [-0.4, -0.2) is 71.4 Å². The summed E-state index contributed by atoms with van der Waals surface area (Å²) >= 11 is 0. The van der Waals surface area contributed by atoms with Gasteiger partial charge in [0.05, 0.1) is 12.2 Å². The van der Waals surface area contributed by atoms with Gasteiger partial charge in [-0.1, -0.05) is 25.3 Å². The molecule has 1 spiro atoms. The van der Waals surface area contributed by atoms with Crippen molar-refractivity contribution in [2.45, 2.75) is 82.4 Å². The van der Waals surface area contributed by atoms with E-state index in [9.17, 15) is 19.2 Å². The maximum atomic E-state index is 13.5. The van der Waals surface area contributed by atoms with Gasteiger partial charge in [0.2, 0.25) is 5.91 Å². The van der Waals surface area contributed by atoms with E-state index in [0.717, 1.165) is 18.4 Å². The number of amides is 4. The fourth-order valence-electron chi connectivity index (χ4n) is 6.98. The minimum atomic E-state index is -0.883. The smallest absolute Gasteiger partial charge is 0.411 e. The lowest BCUT2D eigenvalue weighted by Gasteiger charge is -2.36. The van der Waals surface area contributed by atoms with Crippen molar-refractivity contribution in [3.8, 4) is 0 Å². The molecule has 0 radical (unpaired) electrons. The van der Waals surface area contributed by atoms with E-state index in [0.29, 0.717) is 18.8 Å². The van der Waals surface area contributed by atoms with Crippen molar-refractivity contribution in [2.75, 3.05) is 20.1 Å². The molecule has 0 aromatic rings. The number of ether oxygens (including phenoxy) is 1. The maximum Gasteiger partial charge on any atom is 0.411 e. The highest BCUT2D eigenvalue weighted by Gasteiger charge is 2.56. The van der Waals surface area contributed by atoms with Crippen LogP contribution in [0.3, 0.4) is 0 Å². The summed E-state index contributed by atoms with van der Waals surface area (Å²) in [7, 11) is 1.49. The Bertz CT molecular complexity index is 984. The van der Waals surface area contributed by atoms with E-state index in [1.165, 1.54) is 44.1 Å². The average molecular weight is 485 g/mol. The molecule has 3 unspecified atom stereocenters. The second-order valence-electron chi connectivity index (χ2n) is 10.8. The van der Waals surface area contributed by atoms with Crippen molar-refractivity contribution >= 4 is 23.8 Å². The molecule has 4 fully saturated rings. The Morgan fingerprint density at radius 3 is 2.60 bits per heavy atom. The predicted molar refractivity (Wildman–Crippen MR) is 128 cm³/mol. The molecule has 3 aliphatic carbocycles. The number of hydrogen-bond donors (Lipinski definition) is 2. The molecule has 0 aromatic carbocycles. The molecule has 2 saturated carbocycles. The minimum absolute atomic E-state index is 0.000203. The van der Waals surface area contributed by atoms with Crippen LogP contribution in [0.4, 0.5) is 9.59 Å². The number of urea groups is 1. The number of likely N-dealkylation sites (tertiary alicyclic amines) is 1. The number of hydrogen-bond acceptors (Lipinski definition) is 5. The SMILES string of the molecule is CNC(=O)NC1=CC=C2C(CC[C@]23CN(CC(=O)N2C(C)CCC2C2CCCCC2)C(=O)O3)C1=O. The Balaban J connectivity index is 1.29. The first kappa shape index (κ1) is 23.9. The monoisotopic (exact) mass is 484 g/mol. The van der Waals surface area contributed by atoms with Gasteiger partial charge >= 0.3 is 12.1 Å². The lowest BCUT2D eigenvalue weighted by molar-refractivity contribution is -0.135. The number of carbonyl (C=O) groups excluding carboxylic acids is 4. The highest BCUT2D eigenvalue weighted by Crippen LogP contribution is 2.48. The summed E-state index contributed by atoms with van der Waals surface area (Å²) in [6.45, 7) is 2.40. The number of rotatable bonds is 4. The van der Waals surface area contributed by atoms with Gasteiger partial charge in [-0.3, -0.25) is 14.5 Å². The van der Waals surface area contributed by atoms with Gasteiger partial charge in [0.15, 0.2) is 11.4 Å². The van der Waals surface area contributed by atoms with E-state index in [-0.39, 0.29) is 42.6 Å². The van der Waals surface area contributed by atoms with Gasteiger partial charge in [-0.2, -0.15) is 0 Å². The van der Waals surface area contributed by atoms with Crippen molar-refractivity contribution in [1.82, 2.24) is 20.4 Å². The molecule has 35 heavy (non-hydrogen) atoms. The number of nitrogens with one attached hydrogen (secondary N) is 2. The van der Waals surface area contributed by atoms with Crippen LogP contribution in [0, 0.1) is 11.8 Å².